The second kappa shape index (κ2) is 10.6. The molecule has 0 radical (unpaired) electrons. The number of benzene rings is 2. The summed E-state index contributed by atoms with van der Waals surface area (Å²) in [6.45, 7) is 10.2. The highest BCUT2D eigenvalue weighted by Crippen LogP contribution is 2.33. The molecule has 3 aromatic rings. The fraction of sp³-hybridized carbons (Fsp3) is 0.379. The van der Waals surface area contributed by atoms with Crippen LogP contribution in [0, 0.1) is 6.92 Å². The lowest BCUT2D eigenvalue weighted by Crippen LogP contribution is -2.41. The maximum Gasteiger partial charge on any atom is 0.410 e. The molecular weight excluding hydrogens is 468 g/mol. The van der Waals surface area contributed by atoms with E-state index in [-0.39, 0.29) is 23.7 Å². The van der Waals surface area contributed by atoms with Crippen molar-refractivity contribution >= 4 is 23.5 Å². The van der Waals surface area contributed by atoms with E-state index in [1.807, 2.05) is 56.6 Å². The number of amides is 2. The molecule has 1 N–H and O–H groups in total. The minimum atomic E-state index is -0.550. The minimum Gasteiger partial charge on any atom is -0.444 e. The Morgan fingerprint density at radius 2 is 1.70 bits per heavy atom. The summed E-state index contributed by atoms with van der Waals surface area (Å²) in [6.07, 6.45) is 2.66. The highest BCUT2D eigenvalue weighted by Gasteiger charge is 2.32. The third kappa shape index (κ3) is 6.25. The molecule has 194 valence electrons. The number of rotatable bonds is 5. The summed E-state index contributed by atoms with van der Waals surface area (Å²) >= 11 is 0. The van der Waals surface area contributed by atoms with Gasteiger partial charge in [0.05, 0.1) is 23.1 Å². The number of Topliss-reactive ketones (excluding diaryl/α,β-unsaturated/α-hetero) is 1. The molecule has 0 bridgehead atoms. The topological polar surface area (TPSA) is 93.5 Å². The molecule has 0 saturated carbocycles. The molecule has 0 unspecified atom stereocenters. The first-order valence-corrected chi connectivity index (χ1v) is 12.6. The van der Waals surface area contributed by atoms with E-state index >= 15 is 0 Å². The van der Waals surface area contributed by atoms with Crippen molar-refractivity contribution in [2.45, 2.75) is 59.0 Å². The van der Waals surface area contributed by atoms with Crippen LogP contribution in [-0.2, 0) is 4.74 Å². The maximum absolute atomic E-state index is 13.4. The lowest BCUT2D eigenvalue weighted by atomic mass is 9.90. The summed E-state index contributed by atoms with van der Waals surface area (Å²) in [6, 6.07) is 14.8. The van der Waals surface area contributed by atoms with Crippen LogP contribution in [0.3, 0.4) is 0 Å². The first kappa shape index (κ1) is 26.1. The van der Waals surface area contributed by atoms with Crippen LogP contribution in [-0.4, -0.2) is 51.2 Å². The first-order valence-electron chi connectivity index (χ1n) is 12.6. The van der Waals surface area contributed by atoms with Gasteiger partial charge in [0.1, 0.15) is 5.60 Å². The lowest BCUT2D eigenvalue weighted by molar-refractivity contribution is 0.0203. The Hall–Kier alpha value is -3.94. The zero-order valence-electron chi connectivity index (χ0n) is 22.1. The van der Waals surface area contributed by atoms with Gasteiger partial charge in [0.2, 0.25) is 0 Å². The van der Waals surface area contributed by atoms with Crippen LogP contribution in [0.1, 0.15) is 78.4 Å². The van der Waals surface area contributed by atoms with Crippen LogP contribution in [0.5, 0.6) is 0 Å². The number of carbonyl (C=O) groups is 3. The average molecular weight is 503 g/mol. The fourth-order valence-corrected chi connectivity index (χ4v) is 4.54. The lowest BCUT2D eigenvalue weighted by Gasteiger charge is -2.34. The maximum atomic E-state index is 13.4. The molecule has 4 rings (SSSR count). The fourth-order valence-electron chi connectivity index (χ4n) is 4.54. The van der Waals surface area contributed by atoms with Gasteiger partial charge in [-0.15, -0.1) is 0 Å². The summed E-state index contributed by atoms with van der Waals surface area (Å²) in [5.41, 5.74) is 3.93. The van der Waals surface area contributed by atoms with Gasteiger partial charge in [-0.3, -0.25) is 9.59 Å². The van der Waals surface area contributed by atoms with Crippen molar-refractivity contribution in [3.05, 3.63) is 77.1 Å². The SMILES string of the molecule is CC(=O)c1ccc(NC(=O)c2cnn(-c3cccc(C)c3)c2C2CCN(C(=O)OC(C)(C)C)CC2)cc1. The number of likely N-dealkylation sites (tertiary alicyclic amines) is 1. The first-order chi connectivity index (χ1) is 17.5. The van der Waals surface area contributed by atoms with Crippen LogP contribution in [0.15, 0.2) is 54.7 Å². The Labute approximate surface area is 217 Å². The molecule has 1 saturated heterocycles. The van der Waals surface area contributed by atoms with E-state index in [1.54, 1.807) is 35.4 Å². The summed E-state index contributed by atoms with van der Waals surface area (Å²) in [5.74, 6) is -0.265. The number of ether oxygens (including phenoxy) is 1. The third-order valence-corrected chi connectivity index (χ3v) is 6.38. The predicted molar refractivity (Wildman–Crippen MR) is 142 cm³/mol. The number of nitrogens with one attached hydrogen (secondary N) is 1. The van der Waals surface area contributed by atoms with Crippen LogP contribution in [0.2, 0.25) is 0 Å². The van der Waals surface area contributed by atoms with Crippen LogP contribution < -0.4 is 5.32 Å². The zero-order chi connectivity index (χ0) is 26.7. The third-order valence-electron chi connectivity index (χ3n) is 6.38. The van der Waals surface area contributed by atoms with E-state index in [0.29, 0.717) is 42.7 Å². The van der Waals surface area contributed by atoms with Gasteiger partial charge in [-0.2, -0.15) is 5.10 Å². The number of ketones is 1. The Morgan fingerprint density at radius 1 is 1.03 bits per heavy atom. The van der Waals surface area contributed by atoms with Crippen molar-refractivity contribution in [2.75, 3.05) is 18.4 Å². The summed E-state index contributed by atoms with van der Waals surface area (Å²) in [5, 5.41) is 7.56. The van der Waals surface area contributed by atoms with Gasteiger partial charge in [0.15, 0.2) is 5.78 Å². The Morgan fingerprint density at radius 3 is 2.30 bits per heavy atom. The van der Waals surface area contributed by atoms with Crippen LogP contribution in [0.4, 0.5) is 10.5 Å². The largest absolute Gasteiger partial charge is 0.444 e. The number of aromatic nitrogens is 2. The molecule has 1 aliphatic heterocycles. The van der Waals surface area contributed by atoms with Crippen molar-refractivity contribution in [1.82, 2.24) is 14.7 Å². The number of hydrogen-bond acceptors (Lipinski definition) is 5. The molecule has 1 aliphatic rings. The van der Waals surface area contributed by atoms with Gasteiger partial charge in [0, 0.05) is 30.3 Å². The van der Waals surface area contributed by atoms with E-state index in [2.05, 4.69) is 10.4 Å². The number of aryl methyl sites for hydroxylation is 1. The number of piperidine rings is 1. The van der Waals surface area contributed by atoms with Gasteiger partial charge in [-0.25, -0.2) is 9.48 Å². The second-order valence-corrected chi connectivity index (χ2v) is 10.5. The number of hydrogen-bond donors (Lipinski definition) is 1. The molecule has 0 aliphatic carbocycles. The van der Waals surface area contributed by atoms with Gasteiger partial charge in [0.25, 0.3) is 5.91 Å². The molecule has 8 heteroatoms. The minimum absolute atomic E-state index is 0.0301. The van der Waals surface area contributed by atoms with Gasteiger partial charge < -0.3 is 15.0 Å². The van der Waals surface area contributed by atoms with E-state index in [4.69, 9.17) is 4.74 Å². The summed E-state index contributed by atoms with van der Waals surface area (Å²) < 4.78 is 7.39. The molecule has 37 heavy (non-hydrogen) atoms. The van der Waals surface area contributed by atoms with Crippen LogP contribution >= 0.6 is 0 Å². The number of anilines is 1. The summed E-state index contributed by atoms with van der Waals surface area (Å²) in [4.78, 5) is 39.3. The highest BCUT2D eigenvalue weighted by atomic mass is 16.6. The van der Waals surface area contributed by atoms with Crippen molar-refractivity contribution in [3.8, 4) is 5.69 Å². The molecule has 8 nitrogen and oxygen atoms in total. The molecule has 1 fully saturated rings. The van der Waals surface area contributed by atoms with Crippen molar-refractivity contribution in [2.24, 2.45) is 0 Å². The molecule has 2 aromatic carbocycles. The molecular formula is C29H34N4O4. The average Bonchev–Trinajstić information content (AvgIpc) is 3.29. The van der Waals surface area contributed by atoms with E-state index < -0.39 is 5.60 Å². The summed E-state index contributed by atoms with van der Waals surface area (Å²) in [7, 11) is 0. The molecule has 1 aromatic heterocycles. The van der Waals surface area contributed by atoms with Gasteiger partial charge in [-0.05, 0) is 89.4 Å². The molecule has 2 amide bonds. The van der Waals surface area contributed by atoms with Crippen LogP contribution in [0.25, 0.3) is 5.69 Å². The van der Waals surface area contributed by atoms with Crippen molar-refractivity contribution in [1.29, 1.82) is 0 Å². The zero-order valence-corrected chi connectivity index (χ0v) is 22.1. The Bertz CT molecular complexity index is 1300. The number of carbonyl (C=O) groups excluding carboxylic acids is 3. The molecule has 0 atom stereocenters. The van der Waals surface area contributed by atoms with Crippen molar-refractivity contribution in [3.63, 3.8) is 0 Å². The van der Waals surface area contributed by atoms with Crippen molar-refractivity contribution < 1.29 is 19.1 Å². The monoisotopic (exact) mass is 502 g/mol. The van der Waals surface area contributed by atoms with E-state index in [9.17, 15) is 14.4 Å². The van der Waals surface area contributed by atoms with E-state index in [0.717, 1.165) is 16.9 Å². The molecule has 0 spiro atoms. The smallest absolute Gasteiger partial charge is 0.410 e. The van der Waals surface area contributed by atoms with E-state index in [1.165, 1.54) is 6.92 Å². The Kier molecular flexibility index (Phi) is 7.47. The normalized spacial score (nSPS) is 14.4. The standard InChI is InChI=1S/C29H34N4O4/c1-19-7-6-8-24(17-19)33-26(22-13-15-32(16-14-22)28(36)37-29(3,4)5)25(18-30-33)27(35)31-23-11-9-21(10-12-23)20(2)34/h6-12,17-18,22H,13-16H2,1-5H3,(H,31,35). The molecule has 2 heterocycles. The second-order valence-electron chi connectivity index (χ2n) is 10.5. The quantitative estimate of drug-likeness (QED) is 0.449. The predicted octanol–water partition coefficient (Wildman–Crippen LogP) is 5.75. The van der Waals surface area contributed by atoms with Gasteiger partial charge >= 0.3 is 6.09 Å². The number of nitrogens with zero attached hydrogens (tertiary/aromatic N) is 3. The highest BCUT2D eigenvalue weighted by molar-refractivity contribution is 6.05. The Balaban J connectivity index is 1.60. The van der Waals surface area contributed by atoms with Gasteiger partial charge in [-0.1, -0.05) is 12.1 Å².